The summed E-state index contributed by atoms with van der Waals surface area (Å²) in [6.45, 7) is 4.26. The van der Waals surface area contributed by atoms with Gasteiger partial charge in [-0.3, -0.25) is 4.90 Å². The van der Waals surface area contributed by atoms with E-state index in [0.717, 1.165) is 18.9 Å². The molecule has 0 spiro atoms. The number of ether oxygens (including phenoxy) is 3. The van der Waals surface area contributed by atoms with E-state index in [9.17, 15) is 0 Å². The number of rotatable bonds is 6. The van der Waals surface area contributed by atoms with E-state index < -0.39 is 0 Å². The van der Waals surface area contributed by atoms with Crippen LogP contribution in [0.4, 0.5) is 0 Å². The van der Waals surface area contributed by atoms with Gasteiger partial charge in [-0.2, -0.15) is 0 Å². The largest absolute Gasteiger partial charge is 0.491 e. The van der Waals surface area contributed by atoms with Gasteiger partial charge in [0.25, 0.3) is 0 Å². The summed E-state index contributed by atoms with van der Waals surface area (Å²) >= 11 is 0. The normalized spacial score (nSPS) is 16.5. The molecule has 0 radical (unpaired) electrons. The van der Waals surface area contributed by atoms with Gasteiger partial charge < -0.3 is 14.2 Å². The lowest BCUT2D eigenvalue weighted by Gasteiger charge is -2.13. The first-order valence-electron chi connectivity index (χ1n) is 5.51. The van der Waals surface area contributed by atoms with Crippen molar-refractivity contribution in [3.8, 4) is 5.75 Å². The van der Waals surface area contributed by atoms with Gasteiger partial charge in [-0.25, -0.2) is 0 Å². The van der Waals surface area contributed by atoms with Crippen molar-refractivity contribution in [1.29, 1.82) is 0 Å². The van der Waals surface area contributed by atoms with Crippen LogP contribution in [0.3, 0.4) is 0 Å². The Bertz CT molecular complexity index is 286. The van der Waals surface area contributed by atoms with Crippen LogP contribution in [-0.2, 0) is 9.47 Å². The Labute approximate surface area is 95.7 Å². The van der Waals surface area contributed by atoms with E-state index in [0.29, 0.717) is 26.7 Å². The molecule has 4 nitrogen and oxygen atoms in total. The molecule has 0 atom stereocenters. The first-order valence-corrected chi connectivity index (χ1v) is 5.51. The van der Waals surface area contributed by atoms with E-state index in [2.05, 4.69) is 4.90 Å². The Morgan fingerprint density at radius 1 is 1.19 bits per heavy atom. The van der Waals surface area contributed by atoms with Crippen molar-refractivity contribution in [2.75, 3.05) is 39.8 Å². The van der Waals surface area contributed by atoms with Crippen LogP contribution < -0.4 is 4.74 Å². The molecular formula is C12H17NO3. The van der Waals surface area contributed by atoms with Gasteiger partial charge in [-0.1, -0.05) is 18.2 Å². The third-order valence-electron chi connectivity index (χ3n) is 2.34. The van der Waals surface area contributed by atoms with Gasteiger partial charge >= 0.3 is 0 Å². The fourth-order valence-corrected chi connectivity index (χ4v) is 1.48. The van der Waals surface area contributed by atoms with E-state index in [4.69, 9.17) is 14.2 Å². The number of hydrogen-bond acceptors (Lipinski definition) is 4. The summed E-state index contributed by atoms with van der Waals surface area (Å²) in [6.07, 6.45) is 0. The van der Waals surface area contributed by atoms with Crippen molar-refractivity contribution in [2.24, 2.45) is 0 Å². The lowest BCUT2D eigenvalue weighted by Crippen LogP contribution is -2.24. The van der Waals surface area contributed by atoms with Crippen LogP contribution in [-0.4, -0.2) is 44.7 Å². The summed E-state index contributed by atoms with van der Waals surface area (Å²) in [5.41, 5.74) is 0. The van der Waals surface area contributed by atoms with Gasteiger partial charge in [0.05, 0.1) is 13.2 Å². The fourth-order valence-electron chi connectivity index (χ4n) is 1.48. The van der Waals surface area contributed by atoms with Crippen molar-refractivity contribution in [3.05, 3.63) is 30.3 Å². The number of hydrogen-bond donors (Lipinski definition) is 0. The summed E-state index contributed by atoms with van der Waals surface area (Å²) in [7, 11) is 0. The van der Waals surface area contributed by atoms with Crippen molar-refractivity contribution in [1.82, 2.24) is 4.90 Å². The lowest BCUT2D eigenvalue weighted by atomic mass is 10.3. The summed E-state index contributed by atoms with van der Waals surface area (Å²) in [6, 6.07) is 9.76. The van der Waals surface area contributed by atoms with Gasteiger partial charge in [0.2, 0.25) is 0 Å². The third-order valence-corrected chi connectivity index (χ3v) is 2.34. The Morgan fingerprint density at radius 3 is 2.81 bits per heavy atom. The minimum atomic E-state index is 0.582. The molecule has 0 unspecified atom stereocenters. The average Bonchev–Trinajstić information content (AvgIpc) is 2.83. The molecule has 2 rings (SSSR count). The lowest BCUT2D eigenvalue weighted by molar-refractivity contribution is 0.00570. The van der Waals surface area contributed by atoms with E-state index in [1.165, 1.54) is 0 Å². The highest BCUT2D eigenvalue weighted by molar-refractivity contribution is 5.20. The predicted octanol–water partition coefficient (Wildman–Crippen LogP) is 1.33. The number of benzene rings is 1. The zero-order chi connectivity index (χ0) is 11.1. The second-order valence-corrected chi connectivity index (χ2v) is 3.63. The Balaban J connectivity index is 1.52. The van der Waals surface area contributed by atoms with Crippen LogP contribution in [0, 0.1) is 0 Å². The Kier molecular flexibility index (Phi) is 4.61. The zero-order valence-electron chi connectivity index (χ0n) is 9.30. The Hall–Kier alpha value is -1.10. The number of nitrogens with zero attached hydrogens (tertiary/aromatic N) is 1. The summed E-state index contributed by atoms with van der Waals surface area (Å²) < 4.78 is 16.2. The van der Waals surface area contributed by atoms with Crippen molar-refractivity contribution >= 4 is 0 Å². The molecule has 0 amide bonds. The molecule has 1 aliphatic heterocycles. The zero-order valence-corrected chi connectivity index (χ0v) is 9.30. The summed E-state index contributed by atoms with van der Waals surface area (Å²) in [5.74, 6) is 0.885. The summed E-state index contributed by atoms with van der Waals surface area (Å²) in [4.78, 5) is 2.11. The third kappa shape index (κ3) is 3.81. The fraction of sp³-hybridized carbons (Fsp3) is 0.500. The van der Waals surface area contributed by atoms with Gasteiger partial charge in [0, 0.05) is 6.54 Å². The van der Waals surface area contributed by atoms with Crippen LogP contribution >= 0.6 is 0 Å². The maximum absolute atomic E-state index is 5.50. The predicted molar refractivity (Wildman–Crippen MR) is 60.3 cm³/mol. The highest BCUT2D eigenvalue weighted by Gasteiger charge is 2.10. The van der Waals surface area contributed by atoms with E-state index >= 15 is 0 Å². The molecule has 1 heterocycles. The standard InChI is InChI=1S/C12H17NO3/c1-2-4-12(5-3-1)16-9-8-15-11-13-6-7-14-10-13/h1-5H,6-11H2. The van der Waals surface area contributed by atoms with Gasteiger partial charge in [0.15, 0.2) is 0 Å². The molecule has 1 aromatic rings. The average molecular weight is 223 g/mol. The van der Waals surface area contributed by atoms with Crippen LogP contribution in [0.2, 0.25) is 0 Å². The quantitative estimate of drug-likeness (QED) is 0.681. The van der Waals surface area contributed by atoms with E-state index in [-0.39, 0.29) is 0 Å². The molecule has 1 aliphatic rings. The van der Waals surface area contributed by atoms with E-state index in [1.807, 2.05) is 30.3 Å². The van der Waals surface area contributed by atoms with Crippen LogP contribution in [0.25, 0.3) is 0 Å². The molecule has 0 bridgehead atoms. The SMILES string of the molecule is c1ccc(OCCOCN2CCOC2)cc1. The summed E-state index contributed by atoms with van der Waals surface area (Å²) in [5, 5.41) is 0. The Morgan fingerprint density at radius 2 is 2.06 bits per heavy atom. The topological polar surface area (TPSA) is 30.9 Å². The first-order chi connectivity index (χ1) is 7.95. The molecule has 16 heavy (non-hydrogen) atoms. The van der Waals surface area contributed by atoms with Crippen LogP contribution in [0.5, 0.6) is 5.75 Å². The monoisotopic (exact) mass is 223 g/mol. The molecule has 88 valence electrons. The molecule has 1 saturated heterocycles. The molecule has 1 aromatic carbocycles. The maximum atomic E-state index is 5.50. The van der Waals surface area contributed by atoms with Crippen molar-refractivity contribution in [2.45, 2.75) is 0 Å². The van der Waals surface area contributed by atoms with Crippen molar-refractivity contribution in [3.63, 3.8) is 0 Å². The molecular weight excluding hydrogens is 206 g/mol. The van der Waals surface area contributed by atoms with Gasteiger partial charge in [-0.15, -0.1) is 0 Å². The molecule has 0 aliphatic carbocycles. The first kappa shape index (κ1) is 11.4. The number of para-hydroxylation sites is 1. The smallest absolute Gasteiger partial charge is 0.119 e. The molecule has 0 saturated carbocycles. The van der Waals surface area contributed by atoms with Gasteiger partial charge in [-0.05, 0) is 12.1 Å². The molecule has 0 aromatic heterocycles. The minimum Gasteiger partial charge on any atom is -0.491 e. The van der Waals surface area contributed by atoms with Crippen LogP contribution in [0.1, 0.15) is 0 Å². The van der Waals surface area contributed by atoms with Crippen LogP contribution in [0.15, 0.2) is 30.3 Å². The highest BCUT2D eigenvalue weighted by Crippen LogP contribution is 2.07. The van der Waals surface area contributed by atoms with Gasteiger partial charge in [0.1, 0.15) is 25.8 Å². The second-order valence-electron chi connectivity index (χ2n) is 3.63. The molecule has 1 fully saturated rings. The maximum Gasteiger partial charge on any atom is 0.119 e. The van der Waals surface area contributed by atoms with Crippen molar-refractivity contribution < 1.29 is 14.2 Å². The molecule has 0 N–H and O–H groups in total. The van der Waals surface area contributed by atoms with E-state index in [1.54, 1.807) is 0 Å². The second kappa shape index (κ2) is 6.48. The molecule has 4 heteroatoms. The highest BCUT2D eigenvalue weighted by atomic mass is 16.5. The minimum absolute atomic E-state index is 0.582.